The summed E-state index contributed by atoms with van der Waals surface area (Å²) >= 11 is 0. The zero-order valence-corrected chi connectivity index (χ0v) is 17.4. The molecule has 0 aliphatic carbocycles. The molecule has 1 atom stereocenters. The van der Waals surface area contributed by atoms with E-state index in [4.69, 9.17) is 0 Å². The van der Waals surface area contributed by atoms with Gasteiger partial charge in [-0.15, -0.1) is 0 Å². The minimum Gasteiger partial charge on any atom is -0.357 e. The lowest BCUT2D eigenvalue weighted by molar-refractivity contribution is 0.201. The number of hydrogen-bond donors (Lipinski definition) is 1. The molecule has 0 fully saturated rings. The summed E-state index contributed by atoms with van der Waals surface area (Å²) in [6.07, 6.45) is 3.29. The average molecular weight is 385 g/mol. The van der Waals surface area contributed by atoms with Crippen LogP contribution in [0.5, 0.6) is 0 Å². The van der Waals surface area contributed by atoms with Crippen LogP contribution < -0.4 is 0 Å². The topological polar surface area (TPSA) is 36.9 Å². The second kappa shape index (κ2) is 7.20. The highest BCUT2D eigenvalue weighted by Gasteiger charge is 2.32. The number of para-hydroxylation sites is 1. The van der Waals surface area contributed by atoms with Crippen molar-refractivity contribution in [3.8, 4) is 0 Å². The number of benzene rings is 2. The van der Waals surface area contributed by atoms with Crippen molar-refractivity contribution in [2.24, 2.45) is 0 Å². The van der Waals surface area contributed by atoms with E-state index in [-0.39, 0.29) is 6.04 Å². The predicted octanol–water partition coefficient (Wildman–Crippen LogP) is 5.15. The first-order chi connectivity index (χ1) is 14.2. The standard InChI is InChI=1S/C25H28N4/c1-4-29-16-19(18(3)27-29)15-28-14-13-22-21-11-7-8-12-23(21)26-24(22)25(28)20-10-6-5-9-17(20)2/h5-12,16,25-26H,4,13-15H2,1-3H3/t25-/m0/s1. The van der Waals surface area contributed by atoms with Gasteiger partial charge in [0.1, 0.15) is 0 Å². The van der Waals surface area contributed by atoms with Gasteiger partial charge in [0.2, 0.25) is 0 Å². The fourth-order valence-corrected chi connectivity index (χ4v) is 4.80. The molecule has 0 radical (unpaired) electrons. The highest BCUT2D eigenvalue weighted by atomic mass is 15.3. The summed E-state index contributed by atoms with van der Waals surface area (Å²) in [5.41, 5.74) is 9.27. The molecular weight excluding hydrogens is 356 g/mol. The molecule has 1 aliphatic heterocycles. The quantitative estimate of drug-likeness (QED) is 0.528. The molecule has 0 unspecified atom stereocenters. The van der Waals surface area contributed by atoms with Gasteiger partial charge < -0.3 is 4.98 Å². The lowest BCUT2D eigenvalue weighted by Gasteiger charge is -2.37. The summed E-state index contributed by atoms with van der Waals surface area (Å²) in [6.45, 7) is 9.37. The van der Waals surface area contributed by atoms with Crippen LogP contribution in [0.3, 0.4) is 0 Å². The molecule has 5 rings (SSSR count). The third kappa shape index (κ3) is 3.08. The normalized spacial score (nSPS) is 17.0. The molecular formula is C25H28N4. The number of nitrogens with one attached hydrogen (secondary N) is 1. The zero-order valence-electron chi connectivity index (χ0n) is 17.4. The third-order valence-corrected chi connectivity index (χ3v) is 6.36. The van der Waals surface area contributed by atoms with Crippen molar-refractivity contribution < 1.29 is 0 Å². The SMILES string of the molecule is CCn1cc(CN2CCc3c([nH]c4ccccc34)[C@@H]2c2ccccc2C)c(C)n1. The highest BCUT2D eigenvalue weighted by Crippen LogP contribution is 2.40. The number of aromatic amines is 1. The second-order valence-electron chi connectivity index (χ2n) is 8.14. The Morgan fingerprint density at radius 1 is 1.07 bits per heavy atom. The Morgan fingerprint density at radius 2 is 1.86 bits per heavy atom. The molecule has 3 heterocycles. The van der Waals surface area contributed by atoms with Crippen LogP contribution in [0.2, 0.25) is 0 Å². The van der Waals surface area contributed by atoms with Gasteiger partial charge in [0.25, 0.3) is 0 Å². The molecule has 0 amide bonds. The molecule has 0 saturated heterocycles. The molecule has 1 aliphatic rings. The number of fused-ring (bicyclic) bond motifs is 3. The van der Waals surface area contributed by atoms with Gasteiger partial charge in [-0.1, -0.05) is 42.5 Å². The van der Waals surface area contributed by atoms with Crippen LogP contribution in [0.25, 0.3) is 10.9 Å². The van der Waals surface area contributed by atoms with Crippen LogP contribution >= 0.6 is 0 Å². The molecule has 148 valence electrons. The Morgan fingerprint density at radius 3 is 2.66 bits per heavy atom. The van der Waals surface area contributed by atoms with E-state index in [2.05, 4.69) is 90.5 Å². The number of aromatic nitrogens is 3. The van der Waals surface area contributed by atoms with Gasteiger partial charge in [-0.25, -0.2) is 0 Å². The van der Waals surface area contributed by atoms with Crippen molar-refractivity contribution in [3.05, 3.63) is 88.4 Å². The van der Waals surface area contributed by atoms with Gasteiger partial charge in [0, 0.05) is 48.0 Å². The van der Waals surface area contributed by atoms with Gasteiger partial charge >= 0.3 is 0 Å². The average Bonchev–Trinajstić information content (AvgIpc) is 3.28. The highest BCUT2D eigenvalue weighted by molar-refractivity contribution is 5.85. The van der Waals surface area contributed by atoms with Crippen molar-refractivity contribution in [1.29, 1.82) is 0 Å². The van der Waals surface area contributed by atoms with Crippen LogP contribution in [-0.4, -0.2) is 26.2 Å². The van der Waals surface area contributed by atoms with Gasteiger partial charge in [-0.2, -0.15) is 5.10 Å². The van der Waals surface area contributed by atoms with Crippen LogP contribution in [0.4, 0.5) is 0 Å². The monoisotopic (exact) mass is 384 g/mol. The van der Waals surface area contributed by atoms with Crippen LogP contribution in [0.15, 0.2) is 54.7 Å². The fourth-order valence-electron chi connectivity index (χ4n) is 4.80. The van der Waals surface area contributed by atoms with E-state index < -0.39 is 0 Å². The minimum absolute atomic E-state index is 0.233. The maximum absolute atomic E-state index is 4.67. The molecule has 4 nitrogen and oxygen atoms in total. The molecule has 2 aromatic carbocycles. The molecule has 4 heteroatoms. The lowest BCUT2D eigenvalue weighted by Crippen LogP contribution is -2.36. The summed E-state index contributed by atoms with van der Waals surface area (Å²) < 4.78 is 2.05. The van der Waals surface area contributed by atoms with E-state index in [1.807, 2.05) is 4.68 Å². The summed E-state index contributed by atoms with van der Waals surface area (Å²) in [6, 6.07) is 17.8. The Bertz CT molecular complexity index is 1170. The first kappa shape index (κ1) is 18.2. The second-order valence-corrected chi connectivity index (χ2v) is 8.14. The van der Waals surface area contributed by atoms with E-state index in [1.54, 1.807) is 0 Å². The Labute approximate surface area is 172 Å². The number of hydrogen-bond acceptors (Lipinski definition) is 2. The largest absolute Gasteiger partial charge is 0.357 e. The Kier molecular flexibility index (Phi) is 4.51. The van der Waals surface area contributed by atoms with Gasteiger partial charge in [0.05, 0.1) is 11.7 Å². The zero-order chi connectivity index (χ0) is 20.0. The van der Waals surface area contributed by atoms with E-state index >= 15 is 0 Å². The first-order valence-electron chi connectivity index (χ1n) is 10.6. The van der Waals surface area contributed by atoms with Gasteiger partial charge in [-0.05, 0) is 49.9 Å². The minimum atomic E-state index is 0.233. The molecule has 29 heavy (non-hydrogen) atoms. The summed E-state index contributed by atoms with van der Waals surface area (Å²) in [5, 5.41) is 6.04. The number of H-pyrrole nitrogens is 1. The molecule has 4 aromatic rings. The molecule has 0 bridgehead atoms. The fraction of sp³-hybridized carbons (Fsp3) is 0.320. The van der Waals surface area contributed by atoms with Crippen molar-refractivity contribution in [2.75, 3.05) is 6.54 Å². The number of nitrogens with zero attached hydrogens (tertiary/aromatic N) is 3. The van der Waals surface area contributed by atoms with Crippen LogP contribution in [0.1, 0.15) is 46.6 Å². The first-order valence-corrected chi connectivity index (χ1v) is 10.6. The van der Waals surface area contributed by atoms with Crippen molar-refractivity contribution in [3.63, 3.8) is 0 Å². The van der Waals surface area contributed by atoms with Crippen molar-refractivity contribution in [1.82, 2.24) is 19.7 Å². The van der Waals surface area contributed by atoms with Crippen molar-refractivity contribution >= 4 is 10.9 Å². The lowest BCUT2D eigenvalue weighted by atomic mass is 9.90. The molecule has 1 N–H and O–H groups in total. The Balaban J connectivity index is 1.63. The van der Waals surface area contributed by atoms with E-state index in [0.29, 0.717) is 0 Å². The van der Waals surface area contributed by atoms with Gasteiger partial charge in [-0.3, -0.25) is 9.58 Å². The predicted molar refractivity (Wildman–Crippen MR) is 118 cm³/mol. The summed E-state index contributed by atoms with van der Waals surface area (Å²) in [7, 11) is 0. The maximum Gasteiger partial charge on any atom is 0.0762 e. The number of rotatable bonds is 4. The van der Waals surface area contributed by atoms with Gasteiger partial charge in [0.15, 0.2) is 0 Å². The van der Waals surface area contributed by atoms with E-state index in [0.717, 1.165) is 31.7 Å². The molecule has 0 saturated carbocycles. The van der Waals surface area contributed by atoms with E-state index in [1.165, 1.54) is 38.9 Å². The smallest absolute Gasteiger partial charge is 0.0762 e. The third-order valence-electron chi connectivity index (χ3n) is 6.36. The maximum atomic E-state index is 4.67. The van der Waals surface area contributed by atoms with Crippen LogP contribution in [-0.2, 0) is 19.5 Å². The molecule has 2 aromatic heterocycles. The van der Waals surface area contributed by atoms with E-state index in [9.17, 15) is 0 Å². The van der Waals surface area contributed by atoms with Crippen LogP contribution in [0, 0.1) is 13.8 Å². The van der Waals surface area contributed by atoms with Crippen molar-refractivity contribution in [2.45, 2.75) is 46.3 Å². The summed E-state index contributed by atoms with van der Waals surface area (Å²) in [4.78, 5) is 6.39. The summed E-state index contributed by atoms with van der Waals surface area (Å²) in [5.74, 6) is 0. The number of aryl methyl sites for hydroxylation is 3. The molecule has 0 spiro atoms. The Hall–Kier alpha value is -2.85.